The molecular formula is C24H17N5S. The highest BCUT2D eigenvalue weighted by atomic mass is 32.1. The average molecular weight is 408 g/mol. The highest BCUT2D eigenvalue weighted by molar-refractivity contribution is 7.21. The third kappa shape index (κ3) is 2.93. The van der Waals surface area contributed by atoms with Gasteiger partial charge in [-0.3, -0.25) is 0 Å². The van der Waals surface area contributed by atoms with E-state index in [4.69, 9.17) is 20.1 Å². The van der Waals surface area contributed by atoms with E-state index in [1.54, 1.807) is 0 Å². The van der Waals surface area contributed by atoms with E-state index >= 15 is 0 Å². The Morgan fingerprint density at radius 1 is 0.733 bits per heavy atom. The van der Waals surface area contributed by atoms with Gasteiger partial charge in [0, 0.05) is 6.42 Å². The van der Waals surface area contributed by atoms with Gasteiger partial charge in [-0.25, -0.2) is 15.0 Å². The van der Waals surface area contributed by atoms with E-state index in [1.807, 2.05) is 41.4 Å². The summed E-state index contributed by atoms with van der Waals surface area (Å²) in [6.45, 7) is 0. The van der Waals surface area contributed by atoms with Gasteiger partial charge >= 0.3 is 0 Å². The Morgan fingerprint density at radius 2 is 1.40 bits per heavy atom. The van der Waals surface area contributed by atoms with E-state index in [1.165, 1.54) is 16.9 Å². The number of benzene rings is 3. The molecule has 3 heterocycles. The maximum atomic E-state index is 4.99. The Bertz CT molecular complexity index is 1330. The first-order valence-electron chi connectivity index (χ1n) is 9.85. The fraction of sp³-hybridized carbons (Fsp3) is 0.0833. The number of para-hydroxylation sites is 2. The summed E-state index contributed by atoms with van der Waals surface area (Å²) in [5, 5.41) is 7.85. The zero-order chi connectivity index (χ0) is 19.9. The molecule has 0 N–H and O–H groups in total. The zero-order valence-corrected chi connectivity index (χ0v) is 16.8. The summed E-state index contributed by atoms with van der Waals surface area (Å²) in [4.78, 5) is 15.1. The Labute approximate surface area is 177 Å². The van der Waals surface area contributed by atoms with Crippen LogP contribution in [0, 0.1) is 0 Å². The Hall–Kier alpha value is -3.64. The van der Waals surface area contributed by atoms with Gasteiger partial charge in [0.25, 0.3) is 0 Å². The van der Waals surface area contributed by atoms with Crippen LogP contribution in [0.25, 0.3) is 21.5 Å². The summed E-state index contributed by atoms with van der Waals surface area (Å²) in [6, 6.07) is 28.8. The molecule has 0 saturated heterocycles. The van der Waals surface area contributed by atoms with Gasteiger partial charge in [-0.05, 0) is 23.3 Å². The SMILES string of the molecule is c1ccc(C2=NN(c3nc4nc5ccccc5nc4s3)C(c3ccccc3)C2)cc1. The lowest BCUT2D eigenvalue weighted by atomic mass is 9.99. The van der Waals surface area contributed by atoms with E-state index in [-0.39, 0.29) is 6.04 Å². The molecule has 0 radical (unpaired) electrons. The normalized spacial score (nSPS) is 16.3. The fourth-order valence-corrected chi connectivity index (χ4v) is 4.73. The number of hydrogen-bond acceptors (Lipinski definition) is 6. The first-order valence-corrected chi connectivity index (χ1v) is 10.7. The van der Waals surface area contributed by atoms with E-state index < -0.39 is 0 Å². The number of anilines is 1. The van der Waals surface area contributed by atoms with Crippen LogP contribution < -0.4 is 5.01 Å². The molecule has 0 fully saturated rings. The van der Waals surface area contributed by atoms with Gasteiger partial charge in [0.2, 0.25) is 5.13 Å². The molecule has 0 aliphatic carbocycles. The summed E-state index contributed by atoms with van der Waals surface area (Å²) >= 11 is 1.54. The van der Waals surface area contributed by atoms with Gasteiger partial charge in [-0.1, -0.05) is 84.1 Å². The highest BCUT2D eigenvalue weighted by Crippen LogP contribution is 2.39. The lowest BCUT2D eigenvalue weighted by molar-refractivity contribution is 0.707. The van der Waals surface area contributed by atoms with E-state index in [0.29, 0.717) is 5.65 Å². The quantitative estimate of drug-likeness (QED) is 0.391. The zero-order valence-electron chi connectivity index (χ0n) is 16.0. The molecule has 30 heavy (non-hydrogen) atoms. The fourth-order valence-electron chi connectivity index (χ4n) is 3.84. The molecule has 1 aliphatic heterocycles. The molecule has 0 bridgehead atoms. The van der Waals surface area contributed by atoms with Crippen molar-refractivity contribution in [2.75, 3.05) is 5.01 Å². The smallest absolute Gasteiger partial charge is 0.210 e. The Balaban J connectivity index is 1.48. The van der Waals surface area contributed by atoms with Gasteiger partial charge in [0.1, 0.15) is 0 Å². The van der Waals surface area contributed by atoms with Crippen molar-refractivity contribution >= 4 is 43.7 Å². The molecule has 5 nitrogen and oxygen atoms in total. The highest BCUT2D eigenvalue weighted by Gasteiger charge is 2.32. The molecular weight excluding hydrogens is 390 g/mol. The van der Waals surface area contributed by atoms with Crippen LogP contribution in [-0.2, 0) is 0 Å². The van der Waals surface area contributed by atoms with Crippen molar-refractivity contribution in [3.05, 3.63) is 96.1 Å². The van der Waals surface area contributed by atoms with Crippen LogP contribution in [0.1, 0.15) is 23.6 Å². The standard InChI is InChI=1S/C24H17N5S/c1-3-9-16(10-4-1)20-15-21(17-11-5-2-6-12-17)29(28-20)24-27-22-23(30-24)26-19-14-8-7-13-18(19)25-22/h1-14,21H,15H2. The number of rotatable bonds is 3. The summed E-state index contributed by atoms with van der Waals surface area (Å²) < 4.78 is 0. The third-order valence-electron chi connectivity index (χ3n) is 5.31. The largest absolute Gasteiger partial charge is 0.232 e. The van der Waals surface area contributed by atoms with Crippen molar-refractivity contribution in [1.82, 2.24) is 15.0 Å². The molecule has 1 unspecified atom stereocenters. The maximum Gasteiger partial charge on any atom is 0.210 e. The summed E-state index contributed by atoms with van der Waals surface area (Å²) in [5.74, 6) is 0. The maximum absolute atomic E-state index is 4.99. The van der Waals surface area contributed by atoms with Gasteiger partial charge in [-0.2, -0.15) is 10.1 Å². The van der Waals surface area contributed by atoms with Gasteiger partial charge in [0.15, 0.2) is 10.5 Å². The van der Waals surface area contributed by atoms with Crippen LogP contribution in [0.5, 0.6) is 0 Å². The number of thiazole rings is 1. The molecule has 6 rings (SSSR count). The molecule has 3 aromatic carbocycles. The molecule has 1 atom stereocenters. The van der Waals surface area contributed by atoms with Crippen molar-refractivity contribution in [2.24, 2.45) is 5.10 Å². The van der Waals surface area contributed by atoms with Crippen molar-refractivity contribution < 1.29 is 0 Å². The Kier molecular flexibility index (Phi) is 4.02. The Morgan fingerprint density at radius 3 is 2.17 bits per heavy atom. The number of aromatic nitrogens is 3. The monoisotopic (exact) mass is 407 g/mol. The predicted octanol–water partition coefficient (Wildman–Crippen LogP) is 5.60. The van der Waals surface area contributed by atoms with Crippen molar-refractivity contribution in [3.63, 3.8) is 0 Å². The molecule has 144 valence electrons. The minimum atomic E-state index is 0.0939. The van der Waals surface area contributed by atoms with Crippen molar-refractivity contribution in [2.45, 2.75) is 12.5 Å². The number of hydrogen-bond donors (Lipinski definition) is 0. The lowest BCUT2D eigenvalue weighted by Crippen LogP contribution is -2.18. The molecule has 0 spiro atoms. The number of hydrazone groups is 1. The topological polar surface area (TPSA) is 54.3 Å². The van der Waals surface area contributed by atoms with Crippen molar-refractivity contribution in [3.8, 4) is 0 Å². The third-order valence-corrected chi connectivity index (χ3v) is 6.24. The van der Waals surface area contributed by atoms with Crippen LogP contribution in [-0.4, -0.2) is 20.7 Å². The van der Waals surface area contributed by atoms with Gasteiger partial charge in [0.05, 0.1) is 22.8 Å². The first kappa shape index (κ1) is 17.2. The second-order valence-corrected chi connectivity index (χ2v) is 8.18. The first-order chi connectivity index (χ1) is 14.8. The average Bonchev–Trinajstić information content (AvgIpc) is 3.43. The number of nitrogens with zero attached hydrogens (tertiary/aromatic N) is 5. The minimum Gasteiger partial charge on any atom is -0.232 e. The molecule has 0 saturated carbocycles. The van der Waals surface area contributed by atoms with E-state index in [0.717, 1.165) is 38.7 Å². The van der Waals surface area contributed by atoms with Gasteiger partial charge in [-0.15, -0.1) is 0 Å². The number of fused-ring (bicyclic) bond motifs is 2. The summed E-state index contributed by atoms with van der Waals surface area (Å²) in [5.41, 5.74) is 5.84. The van der Waals surface area contributed by atoms with Crippen LogP contribution in [0.2, 0.25) is 0 Å². The van der Waals surface area contributed by atoms with Crippen LogP contribution in [0.15, 0.2) is 90.0 Å². The van der Waals surface area contributed by atoms with Crippen LogP contribution >= 0.6 is 11.3 Å². The minimum absolute atomic E-state index is 0.0939. The lowest BCUT2D eigenvalue weighted by Gasteiger charge is -2.20. The second-order valence-electron chi connectivity index (χ2n) is 7.23. The molecule has 2 aromatic heterocycles. The summed E-state index contributed by atoms with van der Waals surface area (Å²) in [7, 11) is 0. The molecule has 1 aliphatic rings. The van der Waals surface area contributed by atoms with Crippen molar-refractivity contribution in [1.29, 1.82) is 0 Å². The van der Waals surface area contributed by atoms with E-state index in [2.05, 4.69) is 48.5 Å². The van der Waals surface area contributed by atoms with Gasteiger partial charge < -0.3 is 0 Å². The molecule has 0 amide bonds. The predicted molar refractivity (Wildman–Crippen MR) is 122 cm³/mol. The molecule has 5 aromatic rings. The second kappa shape index (κ2) is 7.00. The van der Waals surface area contributed by atoms with E-state index in [9.17, 15) is 0 Å². The molecule has 6 heteroatoms. The van der Waals surface area contributed by atoms with Crippen LogP contribution in [0.4, 0.5) is 5.13 Å². The van der Waals surface area contributed by atoms with Crippen LogP contribution in [0.3, 0.4) is 0 Å². The summed E-state index contributed by atoms with van der Waals surface area (Å²) in [6.07, 6.45) is 0.826.